The smallest absolute Gasteiger partial charge is 0.227 e. The molecule has 7 heteroatoms. The van der Waals surface area contributed by atoms with E-state index in [4.69, 9.17) is 19.1 Å². The Hall–Kier alpha value is -4.91. The average molecular weight is 557 g/mol. The van der Waals surface area contributed by atoms with Crippen LogP contribution in [0.3, 0.4) is 0 Å². The third-order valence-corrected chi connectivity index (χ3v) is 7.82. The van der Waals surface area contributed by atoms with Crippen molar-refractivity contribution in [2.45, 2.75) is 52.4 Å². The van der Waals surface area contributed by atoms with Crippen LogP contribution in [0.15, 0.2) is 83.5 Å². The van der Waals surface area contributed by atoms with Gasteiger partial charge in [0.25, 0.3) is 0 Å². The Kier molecular flexibility index (Phi) is 5.60. The highest BCUT2D eigenvalue weighted by atomic mass is 16.5. The summed E-state index contributed by atoms with van der Waals surface area (Å²) in [4.78, 5) is 14.2. The molecule has 0 saturated carbocycles. The third-order valence-electron chi connectivity index (χ3n) is 7.82. The van der Waals surface area contributed by atoms with E-state index in [1.165, 1.54) is 11.1 Å². The maximum absolute atomic E-state index is 10.5. The number of hydrogen-bond acceptors (Lipinski definition) is 6. The molecule has 0 aliphatic heterocycles. The Morgan fingerprint density at radius 2 is 1.57 bits per heavy atom. The molecule has 0 spiro atoms. The van der Waals surface area contributed by atoms with Crippen LogP contribution in [-0.4, -0.2) is 24.6 Å². The summed E-state index contributed by atoms with van der Waals surface area (Å²) >= 11 is 0. The van der Waals surface area contributed by atoms with Crippen LogP contribution >= 0.6 is 0 Å². The maximum Gasteiger partial charge on any atom is 0.227 e. The first-order valence-electron chi connectivity index (χ1n) is 14.1. The second-order valence-electron chi connectivity index (χ2n) is 12.9. The van der Waals surface area contributed by atoms with Crippen LogP contribution in [0.5, 0.6) is 17.4 Å². The first-order chi connectivity index (χ1) is 20.0. The van der Waals surface area contributed by atoms with Gasteiger partial charge < -0.3 is 14.3 Å². The van der Waals surface area contributed by atoms with Crippen molar-refractivity contribution < 1.29 is 14.3 Å². The number of hydrogen-bond donors (Lipinski definition) is 1. The van der Waals surface area contributed by atoms with Crippen LogP contribution in [0.1, 0.15) is 52.7 Å². The Bertz CT molecular complexity index is 2160. The van der Waals surface area contributed by atoms with E-state index in [9.17, 15) is 5.11 Å². The van der Waals surface area contributed by atoms with Crippen molar-refractivity contribution in [2.24, 2.45) is 0 Å². The van der Waals surface area contributed by atoms with Crippen molar-refractivity contribution >= 4 is 44.0 Å². The molecule has 2 aromatic carbocycles. The number of benzene rings is 2. The summed E-state index contributed by atoms with van der Waals surface area (Å²) in [5.41, 5.74) is 5.20. The number of phenolic OH excluding ortho intramolecular Hbond substituents is 1. The van der Waals surface area contributed by atoms with Gasteiger partial charge in [-0.25, -0.2) is 9.97 Å². The molecule has 0 bridgehead atoms. The van der Waals surface area contributed by atoms with Crippen molar-refractivity contribution in [3.63, 3.8) is 0 Å². The Morgan fingerprint density at radius 1 is 0.786 bits per heavy atom. The standard InChI is InChI=1S/C35H32N4O3/c1-34(2,3)20-10-12-26-24(16-20)23-11-13-30(38-32(23)39(26)29-17-21(14-15-36-29)35(4,5)6)41-22-18-25-31-27(40)8-7-9-28(31)42-33(25)37-19-22/h7-19,40H,1-6H3. The van der Waals surface area contributed by atoms with Crippen molar-refractivity contribution in [1.29, 1.82) is 0 Å². The molecular formula is C35H32N4O3. The molecule has 7 nitrogen and oxygen atoms in total. The lowest BCUT2D eigenvalue weighted by Gasteiger charge is -2.20. The van der Waals surface area contributed by atoms with E-state index in [0.29, 0.717) is 33.7 Å². The first-order valence-corrected chi connectivity index (χ1v) is 14.1. The summed E-state index contributed by atoms with van der Waals surface area (Å²) in [7, 11) is 0. The zero-order chi connectivity index (χ0) is 29.4. The lowest BCUT2D eigenvalue weighted by Crippen LogP contribution is -2.12. The number of furan rings is 1. The van der Waals surface area contributed by atoms with E-state index in [-0.39, 0.29) is 16.6 Å². The summed E-state index contributed by atoms with van der Waals surface area (Å²) in [5.74, 6) is 1.85. The minimum atomic E-state index is -0.0328. The molecule has 0 aliphatic carbocycles. The minimum absolute atomic E-state index is 0.000824. The van der Waals surface area contributed by atoms with E-state index < -0.39 is 0 Å². The van der Waals surface area contributed by atoms with Crippen LogP contribution in [-0.2, 0) is 10.8 Å². The van der Waals surface area contributed by atoms with Gasteiger partial charge in [-0.1, -0.05) is 53.7 Å². The van der Waals surface area contributed by atoms with Gasteiger partial charge in [0, 0.05) is 23.0 Å². The highest BCUT2D eigenvalue weighted by Crippen LogP contribution is 2.38. The summed E-state index contributed by atoms with van der Waals surface area (Å²) < 4.78 is 14.2. The number of fused-ring (bicyclic) bond motifs is 6. The quantitative estimate of drug-likeness (QED) is 0.234. The SMILES string of the molecule is CC(C)(C)c1ccnc(-n2c3ccc(C(C)(C)C)cc3c3ccc(Oc4cnc5oc6cccc(O)c6c5c4)nc32)c1. The van der Waals surface area contributed by atoms with Crippen molar-refractivity contribution in [2.75, 3.05) is 0 Å². The third kappa shape index (κ3) is 4.24. The summed E-state index contributed by atoms with van der Waals surface area (Å²) in [6.45, 7) is 13.3. The van der Waals surface area contributed by atoms with Gasteiger partial charge >= 0.3 is 0 Å². The van der Waals surface area contributed by atoms with Gasteiger partial charge in [-0.2, -0.15) is 4.98 Å². The van der Waals surface area contributed by atoms with E-state index in [0.717, 1.165) is 27.8 Å². The normalized spacial score (nSPS) is 12.6. The highest BCUT2D eigenvalue weighted by Gasteiger charge is 2.22. The van der Waals surface area contributed by atoms with Crippen molar-refractivity contribution in [3.8, 4) is 23.2 Å². The summed E-state index contributed by atoms with van der Waals surface area (Å²) in [6, 6.07) is 21.8. The molecule has 42 heavy (non-hydrogen) atoms. The van der Waals surface area contributed by atoms with E-state index in [1.54, 1.807) is 24.4 Å². The number of ether oxygens (including phenoxy) is 1. The van der Waals surface area contributed by atoms with E-state index >= 15 is 0 Å². The van der Waals surface area contributed by atoms with Crippen LogP contribution in [0.4, 0.5) is 0 Å². The van der Waals surface area contributed by atoms with Gasteiger partial charge in [0.1, 0.15) is 22.9 Å². The molecule has 1 N–H and O–H groups in total. The van der Waals surface area contributed by atoms with Crippen LogP contribution in [0, 0.1) is 0 Å². The molecule has 5 heterocycles. The van der Waals surface area contributed by atoms with Gasteiger partial charge in [0.05, 0.1) is 22.5 Å². The summed E-state index contributed by atoms with van der Waals surface area (Å²) in [6.07, 6.45) is 3.47. The van der Waals surface area contributed by atoms with Crippen LogP contribution in [0.25, 0.3) is 49.8 Å². The molecule has 0 atom stereocenters. The fourth-order valence-corrected chi connectivity index (χ4v) is 5.48. The van der Waals surface area contributed by atoms with Gasteiger partial charge in [-0.15, -0.1) is 0 Å². The van der Waals surface area contributed by atoms with Crippen molar-refractivity contribution in [3.05, 3.63) is 90.3 Å². The van der Waals surface area contributed by atoms with Crippen LogP contribution in [0.2, 0.25) is 0 Å². The molecule has 5 aromatic heterocycles. The number of nitrogens with zero attached hydrogens (tertiary/aromatic N) is 4. The Balaban J connectivity index is 1.41. The number of pyridine rings is 3. The molecular weight excluding hydrogens is 524 g/mol. The molecule has 0 amide bonds. The van der Waals surface area contributed by atoms with Gasteiger partial charge in [-0.05, 0) is 70.5 Å². The molecule has 7 rings (SSSR count). The van der Waals surface area contributed by atoms with Gasteiger partial charge in [-0.3, -0.25) is 4.57 Å². The lowest BCUT2D eigenvalue weighted by molar-refractivity contribution is 0.463. The van der Waals surface area contributed by atoms with Crippen LogP contribution < -0.4 is 4.74 Å². The molecule has 0 aliphatic rings. The first kappa shape index (κ1) is 26.0. The van der Waals surface area contributed by atoms with E-state index in [2.05, 4.69) is 87.5 Å². The maximum atomic E-state index is 10.5. The fourth-order valence-electron chi connectivity index (χ4n) is 5.48. The Morgan fingerprint density at radius 3 is 2.36 bits per heavy atom. The largest absolute Gasteiger partial charge is 0.507 e. The molecule has 7 aromatic rings. The average Bonchev–Trinajstić information content (AvgIpc) is 3.47. The zero-order valence-corrected chi connectivity index (χ0v) is 24.6. The highest BCUT2D eigenvalue weighted by molar-refractivity contribution is 6.09. The van der Waals surface area contributed by atoms with E-state index in [1.807, 2.05) is 18.3 Å². The number of aromatic hydroxyl groups is 1. The Labute approximate surface area is 243 Å². The molecule has 0 unspecified atom stereocenters. The summed E-state index contributed by atoms with van der Waals surface area (Å²) in [5, 5.41) is 13.9. The fraction of sp³-hybridized carbons (Fsp3) is 0.229. The monoisotopic (exact) mass is 556 g/mol. The minimum Gasteiger partial charge on any atom is -0.507 e. The number of aromatic nitrogens is 4. The topological polar surface area (TPSA) is 86.2 Å². The van der Waals surface area contributed by atoms with Gasteiger partial charge in [0.2, 0.25) is 11.6 Å². The number of rotatable bonds is 3. The predicted octanol–water partition coefficient (Wildman–Crippen LogP) is 8.96. The molecule has 0 fully saturated rings. The predicted molar refractivity (Wildman–Crippen MR) is 167 cm³/mol. The van der Waals surface area contributed by atoms with Gasteiger partial charge in [0.15, 0.2) is 5.65 Å². The zero-order valence-electron chi connectivity index (χ0n) is 24.6. The molecule has 210 valence electrons. The number of phenols is 1. The van der Waals surface area contributed by atoms with Crippen molar-refractivity contribution in [1.82, 2.24) is 19.5 Å². The molecule has 0 radical (unpaired) electrons. The lowest BCUT2D eigenvalue weighted by atomic mass is 9.86. The molecule has 0 saturated heterocycles. The second-order valence-corrected chi connectivity index (χ2v) is 12.9. The second kappa shape index (κ2) is 9.05.